The number of nitrogens with two attached hydrogens (primary N) is 1. The van der Waals surface area contributed by atoms with E-state index in [2.05, 4.69) is 25.3 Å². The maximum Gasteiger partial charge on any atom is 0.328 e. The molecule has 1 aromatic heterocycles. The molecule has 5 aromatic rings. The van der Waals surface area contributed by atoms with Gasteiger partial charge in [0.2, 0.25) is 17.7 Å². The van der Waals surface area contributed by atoms with Gasteiger partial charge in [-0.25, -0.2) is 13.6 Å². The number of carbonyl (C=O) groups excluding carboxylic acids is 4. The minimum atomic E-state index is -1.07. The number of ether oxygens (including phenoxy) is 2. The summed E-state index contributed by atoms with van der Waals surface area (Å²) in [4.78, 5) is 63.6. The summed E-state index contributed by atoms with van der Waals surface area (Å²) in [5, 5.41) is 5.75. The molecular weight excluding hydrogens is 922 g/mol. The van der Waals surface area contributed by atoms with Crippen molar-refractivity contribution in [1.82, 2.24) is 25.4 Å². The van der Waals surface area contributed by atoms with Gasteiger partial charge in [0.25, 0.3) is 6.01 Å². The molecule has 1 saturated carbocycles. The zero-order chi connectivity index (χ0) is 48.8. The highest BCUT2D eigenvalue weighted by atomic mass is 35.5. The predicted octanol–water partition coefficient (Wildman–Crippen LogP) is 7.58. The number of hydrogen-bond donors (Lipinski definition) is 3. The van der Waals surface area contributed by atoms with E-state index in [1.54, 1.807) is 6.07 Å². The number of rotatable bonds is 12. The van der Waals surface area contributed by atoms with Crippen LogP contribution in [0.4, 0.5) is 25.3 Å². The molecule has 15 nitrogen and oxygen atoms in total. The van der Waals surface area contributed by atoms with Crippen molar-refractivity contribution in [2.45, 2.75) is 69.4 Å². The molecule has 70 heavy (non-hydrogen) atoms. The lowest BCUT2D eigenvalue weighted by atomic mass is 9.77. The van der Waals surface area contributed by atoms with Crippen LogP contribution in [0.15, 0.2) is 71.1 Å². The zero-order valence-corrected chi connectivity index (χ0v) is 40.0. The molecule has 0 unspecified atom stereocenters. The minimum absolute atomic E-state index is 0.00321. The van der Waals surface area contributed by atoms with E-state index >= 15 is 8.78 Å². The van der Waals surface area contributed by atoms with Crippen molar-refractivity contribution in [3.05, 3.63) is 100 Å². The fourth-order valence-electron chi connectivity index (χ4n) is 11.3. The number of nitrogens with one attached hydrogen (secondary N) is 2. The number of primary amides is 1. The van der Waals surface area contributed by atoms with E-state index in [-0.39, 0.29) is 63.4 Å². The fourth-order valence-corrected chi connectivity index (χ4v) is 11.6. The van der Waals surface area contributed by atoms with Crippen LogP contribution in [0.1, 0.15) is 79.3 Å². The number of oxazole rings is 1. The number of likely N-dealkylation sites (tertiary alicyclic amines) is 1. The largest absolute Gasteiger partial charge is 0.494 e. The van der Waals surface area contributed by atoms with Crippen LogP contribution >= 0.6 is 11.6 Å². The number of imide groups is 1. The van der Waals surface area contributed by atoms with Crippen LogP contribution in [0, 0.1) is 23.5 Å². The van der Waals surface area contributed by atoms with Crippen LogP contribution in [0.2, 0.25) is 5.02 Å². The lowest BCUT2D eigenvalue weighted by Crippen LogP contribution is -2.50. The molecule has 0 spiro atoms. The summed E-state index contributed by atoms with van der Waals surface area (Å²) >= 11 is 6.70. The van der Waals surface area contributed by atoms with Gasteiger partial charge in [0, 0.05) is 118 Å². The number of piperazine rings is 1. The van der Waals surface area contributed by atoms with Crippen LogP contribution in [-0.2, 0) is 15.2 Å². The molecule has 5 aliphatic rings. The van der Waals surface area contributed by atoms with Crippen molar-refractivity contribution < 1.29 is 41.8 Å². The normalized spacial score (nSPS) is 23.3. The average molecular weight is 980 g/mol. The predicted molar refractivity (Wildman–Crippen MR) is 260 cm³/mol. The van der Waals surface area contributed by atoms with Gasteiger partial charge in [-0.15, -0.1) is 0 Å². The van der Waals surface area contributed by atoms with Crippen LogP contribution in [-0.4, -0.2) is 111 Å². The van der Waals surface area contributed by atoms with Crippen LogP contribution in [0.3, 0.4) is 0 Å². The van der Waals surface area contributed by atoms with Gasteiger partial charge in [0.05, 0.1) is 17.7 Å². The first-order chi connectivity index (χ1) is 33.8. The van der Waals surface area contributed by atoms with Crippen molar-refractivity contribution in [2.75, 3.05) is 75.8 Å². The Kier molecular flexibility index (Phi) is 13.2. The Morgan fingerprint density at radius 2 is 1.67 bits per heavy atom. The Morgan fingerprint density at radius 1 is 0.929 bits per heavy atom. The summed E-state index contributed by atoms with van der Waals surface area (Å²) < 4.78 is 50.2. The maximum atomic E-state index is 16.2. The Balaban J connectivity index is 0.724. The van der Waals surface area contributed by atoms with E-state index in [1.165, 1.54) is 30.2 Å². The van der Waals surface area contributed by atoms with Crippen LogP contribution < -0.4 is 35.6 Å². The highest BCUT2D eigenvalue weighted by Crippen LogP contribution is 2.56. The third-order valence-electron chi connectivity index (χ3n) is 15.3. The van der Waals surface area contributed by atoms with Crippen molar-refractivity contribution >= 4 is 58.2 Å². The highest BCUT2D eigenvalue weighted by Gasteiger charge is 2.50. The molecule has 18 heteroatoms. The number of carbonyl (C=O) groups is 4. The van der Waals surface area contributed by atoms with Crippen LogP contribution in [0.25, 0.3) is 22.2 Å². The molecule has 0 bridgehead atoms. The van der Waals surface area contributed by atoms with Gasteiger partial charge in [-0.2, -0.15) is 4.98 Å². The van der Waals surface area contributed by atoms with E-state index in [9.17, 15) is 19.2 Å². The van der Waals surface area contributed by atoms with Crippen molar-refractivity contribution in [3.63, 3.8) is 0 Å². The zero-order valence-electron chi connectivity index (χ0n) is 39.3. The monoisotopic (exact) mass is 978 g/mol. The Hall–Kier alpha value is -6.30. The number of halogens is 3. The molecule has 368 valence electrons. The smallest absolute Gasteiger partial charge is 0.328 e. The lowest BCUT2D eigenvalue weighted by molar-refractivity contribution is -0.138. The third kappa shape index (κ3) is 8.91. The third-order valence-corrected chi connectivity index (χ3v) is 15.7. The van der Waals surface area contributed by atoms with Gasteiger partial charge in [-0.1, -0.05) is 48.9 Å². The number of piperidine rings is 1. The molecule has 4 fully saturated rings. The number of amides is 5. The second-order valence-electron chi connectivity index (χ2n) is 19.3. The number of nitrogens with zero attached hydrogens (tertiary/aromatic N) is 5. The molecule has 4 aliphatic heterocycles. The first-order valence-corrected chi connectivity index (χ1v) is 24.6. The Morgan fingerprint density at radius 3 is 2.37 bits per heavy atom. The topological polar surface area (TPSA) is 176 Å². The SMILES string of the molecule is COc1ccc(C(N)=O)c(-c2c(Cl)c(F)cc3c2[C@H](C)[C@@](CNC2CCC(C(=O)N4CCC(CN5CCN(c6nc7ccc(N8CCC(=O)NC8=O)cc7o6)CC5)CC4)CC2)(c2ccccc2)O3)c1F. The molecule has 3 saturated heterocycles. The van der Waals surface area contributed by atoms with Crippen LogP contribution in [0.5, 0.6) is 11.5 Å². The second-order valence-corrected chi connectivity index (χ2v) is 19.7. The number of benzene rings is 4. The minimum Gasteiger partial charge on any atom is -0.494 e. The first-order valence-electron chi connectivity index (χ1n) is 24.3. The molecule has 0 radical (unpaired) electrons. The van der Waals surface area contributed by atoms with E-state index < -0.39 is 35.1 Å². The van der Waals surface area contributed by atoms with Gasteiger partial charge >= 0.3 is 6.03 Å². The van der Waals surface area contributed by atoms with Gasteiger partial charge < -0.3 is 34.7 Å². The lowest BCUT2D eigenvalue weighted by Gasteiger charge is -2.40. The van der Waals surface area contributed by atoms with Gasteiger partial charge in [-0.3, -0.25) is 29.5 Å². The molecular formula is C52H57ClF2N8O7. The van der Waals surface area contributed by atoms with Gasteiger partial charge in [-0.05, 0) is 74.3 Å². The summed E-state index contributed by atoms with van der Waals surface area (Å²) in [6.07, 6.45) is 5.27. The molecule has 2 atom stereocenters. The number of fused-ring (bicyclic) bond motifs is 2. The van der Waals surface area contributed by atoms with Crippen molar-refractivity contribution in [2.24, 2.45) is 17.6 Å². The summed E-state index contributed by atoms with van der Waals surface area (Å²) in [7, 11) is 1.30. The Bertz CT molecular complexity index is 2830. The molecule has 5 heterocycles. The summed E-state index contributed by atoms with van der Waals surface area (Å²) in [5.41, 5.74) is 7.50. The first kappa shape index (κ1) is 47.4. The number of aromatic nitrogens is 1. The summed E-state index contributed by atoms with van der Waals surface area (Å²) in [5.74, 6) is -2.67. The van der Waals surface area contributed by atoms with E-state index in [1.807, 2.05) is 49.4 Å². The molecule has 4 N–H and O–H groups in total. The number of urea groups is 1. The number of anilines is 2. The maximum absolute atomic E-state index is 16.2. The van der Waals surface area contributed by atoms with E-state index in [0.717, 1.165) is 89.9 Å². The quantitative estimate of drug-likeness (QED) is 0.112. The van der Waals surface area contributed by atoms with Crippen molar-refractivity contribution in [3.8, 4) is 22.6 Å². The summed E-state index contributed by atoms with van der Waals surface area (Å²) in [6.45, 7) is 8.37. The molecule has 10 rings (SSSR count). The van der Waals surface area contributed by atoms with E-state index in [0.29, 0.717) is 47.4 Å². The standard InChI is InChI=1S/C52H57ClF2N8O7/c1-30-43-41(27-37(54)46(53)45(43)44-36(48(56)65)13-15-39(68-2)47(44)55)70-52(30,33-6-4-3-5-7-33)29-57-34-10-8-32(9-11-34)49(66)61-19-16-31(17-20-61)28-60-22-24-62(25-23-60)51-58-38-14-12-35(26-40(38)69-51)63-21-18-42(64)59-50(63)67/h3-7,12-15,26-27,30-32,34,57H,8-11,16-25,28-29H2,1-2H3,(H2,56,65)(H,59,64,67)/t30-,32?,34?,52-/m0/s1. The fraction of sp³-hybridized carbons (Fsp3) is 0.442. The van der Waals surface area contributed by atoms with E-state index in [4.69, 9.17) is 36.2 Å². The molecule has 4 aromatic carbocycles. The van der Waals surface area contributed by atoms with Crippen molar-refractivity contribution in [1.29, 1.82) is 0 Å². The molecule has 1 aliphatic carbocycles. The number of hydrogen-bond acceptors (Lipinski definition) is 11. The second kappa shape index (κ2) is 19.5. The molecule has 5 amide bonds. The highest BCUT2D eigenvalue weighted by molar-refractivity contribution is 6.34. The van der Waals surface area contributed by atoms with Gasteiger partial charge in [0.1, 0.15) is 17.1 Å². The average Bonchev–Trinajstić information content (AvgIpc) is 3.92. The Labute approximate surface area is 409 Å². The summed E-state index contributed by atoms with van der Waals surface area (Å²) in [6, 6.07) is 19.2. The van der Waals surface area contributed by atoms with Gasteiger partial charge in [0.15, 0.2) is 22.8 Å². The number of methoxy groups -OCH3 is 1.